The number of hydrogen-bond donors (Lipinski definition) is 0. The molecule has 0 saturated carbocycles. The van der Waals surface area contributed by atoms with Crippen LogP contribution in [0.5, 0.6) is 0 Å². The van der Waals surface area contributed by atoms with Gasteiger partial charge in [-0.3, -0.25) is 4.79 Å². The van der Waals surface area contributed by atoms with Crippen molar-refractivity contribution >= 4 is 21.4 Å². The molecule has 20 heavy (non-hydrogen) atoms. The number of sulfone groups is 1. The maximum absolute atomic E-state index is 12.5. The van der Waals surface area contributed by atoms with Gasteiger partial charge >= 0.3 is 0 Å². The molecule has 0 saturated heterocycles. The number of carbonyl (C=O) groups excluding carboxylic acids is 1. The topological polar surface area (TPSA) is 54.5 Å². The molecular formula is C15H21NO3S. The van der Waals surface area contributed by atoms with Crippen molar-refractivity contribution in [3.05, 3.63) is 29.8 Å². The van der Waals surface area contributed by atoms with Gasteiger partial charge in [0, 0.05) is 18.2 Å². The quantitative estimate of drug-likeness (QED) is 0.857. The summed E-state index contributed by atoms with van der Waals surface area (Å²) in [7, 11) is -3.36. The minimum atomic E-state index is -3.36. The molecule has 1 aromatic rings. The van der Waals surface area contributed by atoms with Crippen LogP contribution < -0.4 is 4.90 Å². The Morgan fingerprint density at radius 1 is 1.40 bits per heavy atom. The molecule has 4 nitrogen and oxygen atoms in total. The van der Waals surface area contributed by atoms with Crippen LogP contribution in [0.2, 0.25) is 0 Å². The number of anilines is 1. The van der Waals surface area contributed by atoms with E-state index in [1.807, 2.05) is 31.2 Å². The SMILES string of the molecule is CCCS(=O)(=O)[C@@H](C)C(=O)N1C[C@H](C)c2ccccc21. The number of para-hydroxylation sites is 1. The van der Waals surface area contributed by atoms with E-state index in [9.17, 15) is 13.2 Å². The Kier molecular flexibility index (Phi) is 4.18. The smallest absolute Gasteiger partial charge is 0.245 e. The lowest BCUT2D eigenvalue weighted by molar-refractivity contribution is -0.117. The normalized spacial score (nSPS) is 19.8. The van der Waals surface area contributed by atoms with Crippen LogP contribution in [0.25, 0.3) is 0 Å². The Hall–Kier alpha value is -1.36. The Bertz CT molecular complexity index is 609. The van der Waals surface area contributed by atoms with E-state index in [2.05, 4.69) is 6.92 Å². The van der Waals surface area contributed by atoms with Crippen molar-refractivity contribution in [2.75, 3.05) is 17.2 Å². The molecule has 1 aliphatic heterocycles. The van der Waals surface area contributed by atoms with Crippen molar-refractivity contribution in [1.29, 1.82) is 0 Å². The maximum atomic E-state index is 12.5. The number of carbonyl (C=O) groups is 1. The van der Waals surface area contributed by atoms with Crippen molar-refractivity contribution < 1.29 is 13.2 Å². The van der Waals surface area contributed by atoms with E-state index in [0.717, 1.165) is 11.3 Å². The highest BCUT2D eigenvalue weighted by Gasteiger charge is 2.36. The van der Waals surface area contributed by atoms with Gasteiger partial charge in [-0.15, -0.1) is 0 Å². The van der Waals surface area contributed by atoms with Crippen molar-refractivity contribution in [3.63, 3.8) is 0 Å². The summed E-state index contributed by atoms with van der Waals surface area (Å²) in [5, 5.41) is -0.971. The predicted octanol–water partition coefficient (Wildman–Crippen LogP) is 2.35. The second-order valence-corrected chi connectivity index (χ2v) is 7.86. The first kappa shape index (κ1) is 15.0. The minimum Gasteiger partial charge on any atom is -0.310 e. The van der Waals surface area contributed by atoms with E-state index in [0.29, 0.717) is 13.0 Å². The van der Waals surface area contributed by atoms with Gasteiger partial charge in [0.25, 0.3) is 0 Å². The van der Waals surface area contributed by atoms with E-state index in [4.69, 9.17) is 0 Å². The molecule has 5 heteroatoms. The van der Waals surface area contributed by atoms with Crippen LogP contribution in [0, 0.1) is 0 Å². The number of amides is 1. The summed E-state index contributed by atoms with van der Waals surface area (Å²) < 4.78 is 24.1. The fourth-order valence-corrected chi connectivity index (χ4v) is 4.02. The Labute approximate surface area is 120 Å². The van der Waals surface area contributed by atoms with E-state index < -0.39 is 15.1 Å². The Morgan fingerprint density at radius 3 is 2.70 bits per heavy atom. The number of fused-ring (bicyclic) bond motifs is 1. The van der Waals surface area contributed by atoms with Gasteiger partial charge < -0.3 is 4.90 Å². The predicted molar refractivity (Wildman–Crippen MR) is 80.7 cm³/mol. The second kappa shape index (κ2) is 5.56. The molecule has 0 bridgehead atoms. The van der Waals surface area contributed by atoms with Crippen molar-refractivity contribution in [1.82, 2.24) is 0 Å². The van der Waals surface area contributed by atoms with Gasteiger partial charge in [-0.05, 0) is 25.0 Å². The van der Waals surface area contributed by atoms with E-state index in [1.165, 1.54) is 6.92 Å². The first-order valence-electron chi connectivity index (χ1n) is 7.00. The van der Waals surface area contributed by atoms with Gasteiger partial charge in [-0.25, -0.2) is 8.42 Å². The molecule has 0 spiro atoms. The molecule has 1 aliphatic rings. The van der Waals surface area contributed by atoms with Gasteiger partial charge in [0.1, 0.15) is 5.25 Å². The van der Waals surface area contributed by atoms with Crippen LogP contribution in [-0.2, 0) is 14.6 Å². The zero-order chi connectivity index (χ0) is 14.9. The zero-order valence-corrected chi connectivity index (χ0v) is 13.0. The van der Waals surface area contributed by atoms with Crippen LogP contribution >= 0.6 is 0 Å². The Balaban J connectivity index is 2.28. The minimum absolute atomic E-state index is 0.0605. The lowest BCUT2D eigenvalue weighted by atomic mass is 10.0. The first-order chi connectivity index (χ1) is 9.38. The molecular weight excluding hydrogens is 274 g/mol. The molecule has 2 atom stereocenters. The fraction of sp³-hybridized carbons (Fsp3) is 0.533. The Morgan fingerprint density at radius 2 is 2.05 bits per heavy atom. The van der Waals surface area contributed by atoms with Crippen LogP contribution in [0.1, 0.15) is 38.7 Å². The van der Waals surface area contributed by atoms with Crippen LogP contribution in [-0.4, -0.2) is 31.9 Å². The third-order valence-corrected chi connectivity index (χ3v) is 6.11. The maximum Gasteiger partial charge on any atom is 0.245 e. The van der Waals surface area contributed by atoms with Crippen molar-refractivity contribution in [2.45, 2.75) is 38.4 Å². The van der Waals surface area contributed by atoms with E-state index in [1.54, 1.807) is 4.90 Å². The third kappa shape index (κ3) is 2.59. The average Bonchev–Trinajstić information content (AvgIpc) is 2.75. The number of rotatable bonds is 4. The molecule has 0 aliphatic carbocycles. The van der Waals surface area contributed by atoms with Gasteiger partial charge in [0.05, 0.1) is 5.75 Å². The molecule has 1 amide bonds. The molecule has 1 aromatic carbocycles. The summed E-state index contributed by atoms with van der Waals surface area (Å²) in [6, 6.07) is 7.71. The molecule has 0 unspecified atom stereocenters. The van der Waals surface area contributed by atoms with Crippen molar-refractivity contribution in [2.24, 2.45) is 0 Å². The zero-order valence-electron chi connectivity index (χ0n) is 12.2. The summed E-state index contributed by atoms with van der Waals surface area (Å²) in [4.78, 5) is 14.1. The lowest BCUT2D eigenvalue weighted by Crippen LogP contribution is -2.41. The summed E-state index contributed by atoms with van der Waals surface area (Å²) in [5.41, 5.74) is 1.96. The molecule has 0 N–H and O–H groups in total. The van der Waals surface area contributed by atoms with Crippen LogP contribution in [0.4, 0.5) is 5.69 Å². The lowest BCUT2D eigenvalue weighted by Gasteiger charge is -2.22. The molecule has 0 radical (unpaired) electrons. The largest absolute Gasteiger partial charge is 0.310 e. The highest BCUT2D eigenvalue weighted by atomic mass is 32.2. The summed E-state index contributed by atoms with van der Waals surface area (Å²) >= 11 is 0. The third-order valence-electron chi connectivity index (χ3n) is 3.86. The van der Waals surface area contributed by atoms with E-state index >= 15 is 0 Å². The number of benzene rings is 1. The van der Waals surface area contributed by atoms with Gasteiger partial charge in [0.15, 0.2) is 9.84 Å². The molecule has 0 aromatic heterocycles. The molecule has 1 heterocycles. The summed E-state index contributed by atoms with van der Waals surface area (Å²) in [5.74, 6) is -0.00298. The van der Waals surface area contributed by atoms with Crippen LogP contribution in [0.3, 0.4) is 0 Å². The average molecular weight is 295 g/mol. The fourth-order valence-electron chi connectivity index (χ4n) is 2.66. The molecule has 2 rings (SSSR count). The first-order valence-corrected chi connectivity index (χ1v) is 8.72. The second-order valence-electron chi connectivity index (χ2n) is 5.42. The molecule has 0 fully saturated rings. The van der Waals surface area contributed by atoms with Crippen LogP contribution in [0.15, 0.2) is 24.3 Å². The summed E-state index contributed by atoms with van der Waals surface area (Å²) in [6.45, 7) is 5.92. The van der Waals surface area contributed by atoms with Gasteiger partial charge in [0.2, 0.25) is 5.91 Å². The highest BCUT2D eigenvalue weighted by Crippen LogP contribution is 2.36. The van der Waals surface area contributed by atoms with E-state index in [-0.39, 0.29) is 17.6 Å². The van der Waals surface area contributed by atoms with Gasteiger partial charge in [-0.1, -0.05) is 32.0 Å². The monoisotopic (exact) mass is 295 g/mol. The summed E-state index contributed by atoms with van der Waals surface area (Å²) in [6.07, 6.45) is 0.535. The highest BCUT2D eigenvalue weighted by molar-refractivity contribution is 7.92. The standard InChI is InChI=1S/C15H21NO3S/c1-4-9-20(18,19)12(3)15(17)16-10-11(2)13-7-5-6-8-14(13)16/h5-8,11-12H,4,9-10H2,1-3H3/t11-,12-/m0/s1. The van der Waals surface area contributed by atoms with Gasteiger partial charge in [-0.2, -0.15) is 0 Å². The number of hydrogen-bond acceptors (Lipinski definition) is 3. The molecule has 110 valence electrons. The van der Waals surface area contributed by atoms with Crippen molar-refractivity contribution in [3.8, 4) is 0 Å². The number of nitrogens with zero attached hydrogens (tertiary/aromatic N) is 1.